The standard InChI is InChI=1S/C16H23NO3/c1-18-14-6-4-5-13(11-14)12-17-8-3-2-7-15(17)16-19-9-10-20-16/h4-6,11,15-16H,2-3,7-10,12H2,1H3/t15-/m0/s1. The summed E-state index contributed by atoms with van der Waals surface area (Å²) in [4.78, 5) is 2.49. The normalized spacial score (nSPS) is 24.9. The number of nitrogens with zero attached hydrogens (tertiary/aromatic N) is 1. The van der Waals surface area contributed by atoms with E-state index >= 15 is 0 Å². The molecular weight excluding hydrogens is 254 g/mol. The Morgan fingerprint density at radius 3 is 2.90 bits per heavy atom. The van der Waals surface area contributed by atoms with Crippen LogP contribution in [0.4, 0.5) is 0 Å². The molecule has 1 aromatic rings. The molecule has 2 saturated heterocycles. The quantitative estimate of drug-likeness (QED) is 0.846. The summed E-state index contributed by atoms with van der Waals surface area (Å²) in [6.07, 6.45) is 3.64. The predicted molar refractivity (Wildman–Crippen MR) is 76.7 cm³/mol. The zero-order chi connectivity index (χ0) is 13.8. The molecule has 20 heavy (non-hydrogen) atoms. The maximum absolute atomic E-state index is 5.72. The van der Waals surface area contributed by atoms with Gasteiger partial charge in [-0.25, -0.2) is 0 Å². The van der Waals surface area contributed by atoms with E-state index < -0.39 is 0 Å². The van der Waals surface area contributed by atoms with Gasteiger partial charge in [0.05, 0.1) is 26.4 Å². The Bertz CT molecular complexity index is 431. The van der Waals surface area contributed by atoms with Crippen molar-refractivity contribution in [3.8, 4) is 5.75 Å². The molecule has 1 aromatic carbocycles. The Kier molecular flexibility index (Phi) is 4.55. The monoisotopic (exact) mass is 277 g/mol. The first kappa shape index (κ1) is 13.9. The molecule has 0 aromatic heterocycles. The van der Waals surface area contributed by atoms with Crippen LogP contribution in [0.15, 0.2) is 24.3 Å². The molecule has 2 aliphatic rings. The van der Waals surface area contributed by atoms with Crippen molar-refractivity contribution < 1.29 is 14.2 Å². The molecule has 0 saturated carbocycles. The van der Waals surface area contributed by atoms with Gasteiger partial charge in [0.25, 0.3) is 0 Å². The van der Waals surface area contributed by atoms with Gasteiger partial charge in [0.2, 0.25) is 0 Å². The fourth-order valence-corrected chi connectivity index (χ4v) is 3.13. The highest BCUT2D eigenvalue weighted by molar-refractivity contribution is 5.28. The van der Waals surface area contributed by atoms with E-state index in [1.54, 1.807) is 7.11 Å². The SMILES string of the molecule is COc1cccc(CN2CCCC[C@H]2C2OCCO2)c1. The second-order valence-corrected chi connectivity index (χ2v) is 5.50. The maximum Gasteiger partial charge on any atom is 0.173 e. The molecule has 0 aliphatic carbocycles. The Labute approximate surface area is 120 Å². The second-order valence-electron chi connectivity index (χ2n) is 5.50. The Morgan fingerprint density at radius 1 is 1.25 bits per heavy atom. The summed E-state index contributed by atoms with van der Waals surface area (Å²) in [5.41, 5.74) is 1.29. The lowest BCUT2D eigenvalue weighted by Gasteiger charge is -2.38. The highest BCUT2D eigenvalue weighted by Gasteiger charge is 2.33. The van der Waals surface area contributed by atoms with Gasteiger partial charge in [-0.3, -0.25) is 4.90 Å². The average Bonchev–Trinajstić information content (AvgIpc) is 3.02. The van der Waals surface area contributed by atoms with Gasteiger partial charge in [-0.1, -0.05) is 18.6 Å². The lowest BCUT2D eigenvalue weighted by atomic mass is 10.0. The molecule has 3 rings (SSSR count). The largest absolute Gasteiger partial charge is 0.497 e. The van der Waals surface area contributed by atoms with E-state index in [0.717, 1.165) is 38.5 Å². The zero-order valence-corrected chi connectivity index (χ0v) is 12.1. The van der Waals surface area contributed by atoms with Crippen molar-refractivity contribution in [2.45, 2.75) is 38.1 Å². The van der Waals surface area contributed by atoms with Crippen molar-refractivity contribution in [2.24, 2.45) is 0 Å². The number of rotatable bonds is 4. The summed E-state index contributed by atoms with van der Waals surface area (Å²) >= 11 is 0. The molecule has 0 unspecified atom stereocenters. The molecule has 2 heterocycles. The van der Waals surface area contributed by atoms with E-state index in [0.29, 0.717) is 6.04 Å². The Morgan fingerprint density at radius 2 is 2.10 bits per heavy atom. The first-order chi connectivity index (χ1) is 9.86. The first-order valence-corrected chi connectivity index (χ1v) is 7.47. The minimum absolute atomic E-state index is 0.0408. The van der Waals surface area contributed by atoms with Gasteiger partial charge in [-0.2, -0.15) is 0 Å². The molecule has 2 fully saturated rings. The number of piperidine rings is 1. The number of methoxy groups -OCH3 is 1. The van der Waals surface area contributed by atoms with Crippen molar-refractivity contribution in [3.63, 3.8) is 0 Å². The van der Waals surface area contributed by atoms with Crippen LogP contribution in [0.25, 0.3) is 0 Å². The number of hydrogen-bond donors (Lipinski definition) is 0. The van der Waals surface area contributed by atoms with Crippen LogP contribution < -0.4 is 4.74 Å². The summed E-state index contributed by atoms with van der Waals surface area (Å²) in [6, 6.07) is 8.69. The lowest BCUT2D eigenvalue weighted by Crippen LogP contribution is -2.46. The predicted octanol–water partition coefficient (Wildman–Crippen LogP) is 2.42. The van der Waals surface area contributed by atoms with Crippen molar-refractivity contribution in [1.82, 2.24) is 4.90 Å². The number of ether oxygens (including phenoxy) is 3. The summed E-state index contributed by atoms with van der Waals surface area (Å²) in [5.74, 6) is 0.921. The van der Waals surface area contributed by atoms with Gasteiger partial charge in [0.15, 0.2) is 6.29 Å². The second kappa shape index (κ2) is 6.57. The van der Waals surface area contributed by atoms with Crippen molar-refractivity contribution in [3.05, 3.63) is 29.8 Å². The van der Waals surface area contributed by atoms with Gasteiger partial charge in [0.1, 0.15) is 5.75 Å². The first-order valence-electron chi connectivity index (χ1n) is 7.47. The summed E-state index contributed by atoms with van der Waals surface area (Å²) in [6.45, 7) is 3.51. The average molecular weight is 277 g/mol. The van der Waals surface area contributed by atoms with Crippen molar-refractivity contribution in [1.29, 1.82) is 0 Å². The molecule has 0 spiro atoms. The van der Waals surface area contributed by atoms with E-state index in [2.05, 4.69) is 23.1 Å². The van der Waals surface area contributed by atoms with Crippen molar-refractivity contribution in [2.75, 3.05) is 26.9 Å². The van der Waals surface area contributed by atoms with Crippen LogP contribution in [0.1, 0.15) is 24.8 Å². The fourth-order valence-electron chi connectivity index (χ4n) is 3.13. The van der Waals surface area contributed by atoms with Gasteiger partial charge < -0.3 is 14.2 Å². The number of likely N-dealkylation sites (tertiary alicyclic amines) is 1. The summed E-state index contributed by atoms with van der Waals surface area (Å²) < 4.78 is 16.7. The zero-order valence-electron chi connectivity index (χ0n) is 12.1. The van der Waals surface area contributed by atoms with E-state index in [-0.39, 0.29) is 6.29 Å². The highest BCUT2D eigenvalue weighted by Crippen LogP contribution is 2.26. The van der Waals surface area contributed by atoms with Gasteiger partial charge in [0, 0.05) is 6.54 Å². The van der Waals surface area contributed by atoms with E-state index in [1.165, 1.54) is 18.4 Å². The van der Waals surface area contributed by atoms with Crippen LogP contribution in [0, 0.1) is 0 Å². The summed E-state index contributed by atoms with van der Waals surface area (Å²) in [5, 5.41) is 0. The fraction of sp³-hybridized carbons (Fsp3) is 0.625. The van der Waals surface area contributed by atoms with Crippen LogP contribution in [-0.2, 0) is 16.0 Å². The van der Waals surface area contributed by atoms with E-state index in [9.17, 15) is 0 Å². The van der Waals surface area contributed by atoms with Crippen LogP contribution in [0.5, 0.6) is 5.75 Å². The van der Waals surface area contributed by atoms with Crippen LogP contribution in [-0.4, -0.2) is 44.1 Å². The molecule has 4 nitrogen and oxygen atoms in total. The van der Waals surface area contributed by atoms with E-state index in [1.807, 2.05) is 6.07 Å². The molecule has 0 N–H and O–H groups in total. The Hall–Kier alpha value is -1.10. The Balaban J connectivity index is 1.69. The van der Waals surface area contributed by atoms with Gasteiger partial charge >= 0.3 is 0 Å². The van der Waals surface area contributed by atoms with Crippen molar-refractivity contribution >= 4 is 0 Å². The van der Waals surface area contributed by atoms with Crippen LogP contribution in [0.2, 0.25) is 0 Å². The third-order valence-corrected chi connectivity index (χ3v) is 4.15. The molecule has 2 aliphatic heterocycles. The van der Waals surface area contributed by atoms with Gasteiger partial charge in [-0.05, 0) is 37.1 Å². The molecule has 110 valence electrons. The number of hydrogen-bond acceptors (Lipinski definition) is 4. The van der Waals surface area contributed by atoms with E-state index in [4.69, 9.17) is 14.2 Å². The minimum atomic E-state index is -0.0408. The minimum Gasteiger partial charge on any atom is -0.497 e. The molecule has 0 amide bonds. The topological polar surface area (TPSA) is 30.9 Å². The maximum atomic E-state index is 5.72. The third-order valence-electron chi connectivity index (χ3n) is 4.15. The van der Waals surface area contributed by atoms with Crippen LogP contribution in [0.3, 0.4) is 0 Å². The number of benzene rings is 1. The molecule has 4 heteroatoms. The summed E-state index contributed by atoms with van der Waals surface area (Å²) in [7, 11) is 1.71. The van der Waals surface area contributed by atoms with Crippen LogP contribution >= 0.6 is 0 Å². The molecule has 0 bridgehead atoms. The molecule has 0 radical (unpaired) electrons. The molecular formula is C16H23NO3. The lowest BCUT2D eigenvalue weighted by molar-refractivity contribution is -0.111. The molecule has 1 atom stereocenters. The highest BCUT2D eigenvalue weighted by atomic mass is 16.7. The van der Waals surface area contributed by atoms with Gasteiger partial charge in [-0.15, -0.1) is 0 Å². The smallest absolute Gasteiger partial charge is 0.173 e. The third kappa shape index (κ3) is 3.14.